The maximum atomic E-state index is 9.64. The smallest absolute Gasteiger partial charge is 0.224 e. The van der Waals surface area contributed by atoms with Gasteiger partial charge in [0.1, 0.15) is 5.02 Å². The fourth-order valence-corrected chi connectivity index (χ4v) is 1.25. The minimum absolute atomic E-state index is 0.431. The van der Waals surface area contributed by atoms with E-state index in [2.05, 4.69) is 20.6 Å². The zero-order valence-electron chi connectivity index (χ0n) is 10.6. The van der Waals surface area contributed by atoms with E-state index in [4.69, 9.17) is 11.6 Å². The molecule has 0 aliphatic heterocycles. The molecule has 0 aliphatic carbocycles. The third-order valence-corrected chi connectivity index (χ3v) is 2.84. The van der Waals surface area contributed by atoms with Crippen LogP contribution in [0.2, 0.25) is 5.02 Å². The predicted molar refractivity (Wildman–Crippen MR) is 70.6 cm³/mol. The number of nitrogens with one attached hydrogen (secondary N) is 2. The molecular formula is C11H19ClN4O. The minimum Gasteiger partial charge on any atom is -0.391 e. The van der Waals surface area contributed by atoms with Crippen LogP contribution in [0.15, 0.2) is 6.20 Å². The quantitative estimate of drug-likeness (QED) is 0.755. The second kappa shape index (κ2) is 5.51. The van der Waals surface area contributed by atoms with E-state index in [1.807, 2.05) is 20.8 Å². The normalized spacial score (nSPS) is 13.3. The summed E-state index contributed by atoms with van der Waals surface area (Å²) in [4.78, 5) is 8.30. The van der Waals surface area contributed by atoms with Crippen molar-refractivity contribution in [3.8, 4) is 0 Å². The molecule has 1 atom stereocenters. The summed E-state index contributed by atoms with van der Waals surface area (Å²) in [6.07, 6.45) is 1.00. The molecule has 1 unspecified atom stereocenters. The zero-order valence-corrected chi connectivity index (χ0v) is 11.3. The number of aromatic nitrogens is 2. The number of rotatable bonds is 5. The van der Waals surface area contributed by atoms with Gasteiger partial charge in [0.05, 0.1) is 17.8 Å². The molecule has 5 nitrogen and oxygen atoms in total. The minimum atomic E-state index is -0.531. The summed E-state index contributed by atoms with van der Waals surface area (Å²) in [6, 6.07) is 0. The van der Waals surface area contributed by atoms with Crippen LogP contribution in [0.5, 0.6) is 0 Å². The summed E-state index contributed by atoms with van der Waals surface area (Å²) in [5.41, 5.74) is -0.512. The van der Waals surface area contributed by atoms with Gasteiger partial charge in [-0.15, -0.1) is 0 Å². The second-order valence-electron chi connectivity index (χ2n) is 4.44. The third-order valence-electron chi connectivity index (χ3n) is 2.56. The number of nitrogens with zero attached hydrogens (tertiary/aromatic N) is 2. The average molecular weight is 259 g/mol. The summed E-state index contributed by atoms with van der Waals surface area (Å²) >= 11 is 6.01. The van der Waals surface area contributed by atoms with Gasteiger partial charge in [-0.25, -0.2) is 4.98 Å². The van der Waals surface area contributed by atoms with Gasteiger partial charge < -0.3 is 15.7 Å². The lowest BCUT2D eigenvalue weighted by Gasteiger charge is -2.30. The maximum Gasteiger partial charge on any atom is 0.224 e. The average Bonchev–Trinajstić information content (AvgIpc) is 2.23. The lowest BCUT2D eigenvalue weighted by molar-refractivity contribution is 0.133. The van der Waals surface area contributed by atoms with Crippen molar-refractivity contribution < 1.29 is 5.11 Å². The molecule has 17 heavy (non-hydrogen) atoms. The first kappa shape index (κ1) is 14.0. The molecule has 1 aromatic heterocycles. The van der Waals surface area contributed by atoms with Crippen molar-refractivity contribution >= 4 is 23.4 Å². The number of hydrogen-bond acceptors (Lipinski definition) is 5. The fourth-order valence-electron chi connectivity index (χ4n) is 1.11. The highest BCUT2D eigenvalue weighted by molar-refractivity contribution is 6.32. The van der Waals surface area contributed by atoms with E-state index < -0.39 is 11.6 Å². The predicted octanol–water partition coefficient (Wildman–Crippen LogP) is 2.13. The molecule has 6 heteroatoms. The molecular weight excluding hydrogens is 240 g/mol. The SMILES string of the molecule is CCNc1ncc(Cl)c(NC(C)(C)C(C)O)n1. The van der Waals surface area contributed by atoms with Gasteiger partial charge in [0.2, 0.25) is 5.95 Å². The van der Waals surface area contributed by atoms with E-state index in [9.17, 15) is 5.11 Å². The Morgan fingerprint density at radius 1 is 1.53 bits per heavy atom. The zero-order chi connectivity index (χ0) is 13.1. The summed E-state index contributed by atoms with van der Waals surface area (Å²) in [6.45, 7) is 8.17. The van der Waals surface area contributed by atoms with Gasteiger partial charge in [0.15, 0.2) is 5.82 Å². The standard InChI is InChI=1S/C11H19ClN4O/c1-5-13-10-14-6-8(12)9(15-10)16-11(3,4)7(2)17/h6-7,17H,5H2,1-4H3,(H2,13,14,15,16). The molecule has 0 saturated heterocycles. The Kier molecular flexibility index (Phi) is 4.54. The Labute approximate surface area is 107 Å². The van der Waals surface area contributed by atoms with Crippen LogP contribution in [-0.2, 0) is 0 Å². The number of anilines is 2. The number of hydrogen-bond donors (Lipinski definition) is 3. The van der Waals surface area contributed by atoms with Gasteiger partial charge in [-0.05, 0) is 27.7 Å². The monoisotopic (exact) mass is 258 g/mol. The van der Waals surface area contributed by atoms with Crippen molar-refractivity contribution in [2.45, 2.75) is 39.3 Å². The van der Waals surface area contributed by atoms with Crippen molar-refractivity contribution in [1.29, 1.82) is 0 Å². The van der Waals surface area contributed by atoms with Gasteiger partial charge in [-0.1, -0.05) is 11.6 Å². The van der Waals surface area contributed by atoms with Crippen molar-refractivity contribution in [2.24, 2.45) is 0 Å². The molecule has 0 bridgehead atoms. The van der Waals surface area contributed by atoms with Crippen LogP contribution in [0.1, 0.15) is 27.7 Å². The van der Waals surface area contributed by atoms with Crippen molar-refractivity contribution in [2.75, 3.05) is 17.2 Å². The molecule has 3 N–H and O–H groups in total. The van der Waals surface area contributed by atoms with Gasteiger partial charge in [-0.2, -0.15) is 4.98 Å². The lowest BCUT2D eigenvalue weighted by Crippen LogP contribution is -2.42. The van der Waals surface area contributed by atoms with Crippen molar-refractivity contribution in [3.05, 3.63) is 11.2 Å². The number of aliphatic hydroxyl groups excluding tert-OH is 1. The highest BCUT2D eigenvalue weighted by atomic mass is 35.5. The van der Waals surface area contributed by atoms with E-state index in [1.54, 1.807) is 6.92 Å². The number of halogens is 1. The highest BCUT2D eigenvalue weighted by Gasteiger charge is 2.25. The Bertz CT molecular complexity index is 382. The van der Waals surface area contributed by atoms with E-state index in [1.165, 1.54) is 6.20 Å². The van der Waals surface area contributed by atoms with Crippen LogP contribution in [0.4, 0.5) is 11.8 Å². The Balaban J connectivity index is 2.93. The number of aliphatic hydroxyl groups is 1. The molecule has 0 amide bonds. The molecule has 0 aliphatic rings. The fraction of sp³-hybridized carbons (Fsp3) is 0.636. The van der Waals surface area contributed by atoms with E-state index in [-0.39, 0.29) is 0 Å². The molecule has 96 valence electrons. The van der Waals surface area contributed by atoms with Crippen LogP contribution >= 0.6 is 11.6 Å². The molecule has 0 spiro atoms. The molecule has 0 saturated carbocycles. The molecule has 1 heterocycles. The molecule has 0 fully saturated rings. The van der Waals surface area contributed by atoms with E-state index in [0.29, 0.717) is 16.8 Å². The maximum absolute atomic E-state index is 9.64. The van der Waals surface area contributed by atoms with Gasteiger partial charge in [0.25, 0.3) is 0 Å². The first-order chi connectivity index (χ1) is 7.86. The Morgan fingerprint density at radius 2 is 2.18 bits per heavy atom. The van der Waals surface area contributed by atoms with Crippen LogP contribution < -0.4 is 10.6 Å². The summed E-state index contributed by atoms with van der Waals surface area (Å²) in [5.74, 6) is 1.03. The van der Waals surface area contributed by atoms with Crippen LogP contribution in [0.25, 0.3) is 0 Å². The molecule has 0 aromatic carbocycles. The second-order valence-corrected chi connectivity index (χ2v) is 4.85. The first-order valence-electron chi connectivity index (χ1n) is 5.59. The summed E-state index contributed by atoms with van der Waals surface area (Å²) in [7, 11) is 0. The van der Waals surface area contributed by atoms with E-state index >= 15 is 0 Å². The topological polar surface area (TPSA) is 70.1 Å². The summed E-state index contributed by atoms with van der Waals surface area (Å²) < 4.78 is 0. The van der Waals surface area contributed by atoms with E-state index in [0.717, 1.165) is 6.54 Å². The largest absolute Gasteiger partial charge is 0.391 e. The Hall–Kier alpha value is -1.07. The van der Waals surface area contributed by atoms with Gasteiger partial charge in [0, 0.05) is 6.54 Å². The van der Waals surface area contributed by atoms with Crippen LogP contribution in [-0.4, -0.2) is 33.3 Å². The summed E-state index contributed by atoms with van der Waals surface area (Å²) in [5, 5.41) is 16.2. The third kappa shape index (κ3) is 3.71. The molecule has 0 radical (unpaired) electrons. The molecule has 1 aromatic rings. The first-order valence-corrected chi connectivity index (χ1v) is 5.97. The van der Waals surface area contributed by atoms with Crippen LogP contribution in [0, 0.1) is 0 Å². The lowest BCUT2D eigenvalue weighted by atomic mass is 9.99. The van der Waals surface area contributed by atoms with Gasteiger partial charge >= 0.3 is 0 Å². The Morgan fingerprint density at radius 3 is 2.71 bits per heavy atom. The van der Waals surface area contributed by atoms with Crippen molar-refractivity contribution in [1.82, 2.24) is 9.97 Å². The van der Waals surface area contributed by atoms with Gasteiger partial charge in [-0.3, -0.25) is 0 Å². The van der Waals surface area contributed by atoms with Crippen molar-refractivity contribution in [3.63, 3.8) is 0 Å². The molecule has 1 rings (SSSR count). The highest BCUT2D eigenvalue weighted by Crippen LogP contribution is 2.24. The van der Waals surface area contributed by atoms with Crippen LogP contribution in [0.3, 0.4) is 0 Å².